The number of hydrogen-bond acceptors (Lipinski definition) is 6. The first-order chi connectivity index (χ1) is 18.4. The molecule has 0 radical (unpaired) electrons. The van der Waals surface area contributed by atoms with Crippen LogP contribution in [0.4, 0.5) is 5.69 Å². The van der Waals surface area contributed by atoms with Crippen molar-refractivity contribution in [3.63, 3.8) is 0 Å². The summed E-state index contributed by atoms with van der Waals surface area (Å²) < 4.78 is 6.28. The summed E-state index contributed by atoms with van der Waals surface area (Å²) >= 11 is 1.30. The van der Waals surface area contributed by atoms with Gasteiger partial charge in [0.05, 0.1) is 5.69 Å². The van der Waals surface area contributed by atoms with Gasteiger partial charge in [-0.15, -0.1) is 11.3 Å². The van der Waals surface area contributed by atoms with Crippen LogP contribution in [0.1, 0.15) is 92.8 Å². The number of amides is 1. The van der Waals surface area contributed by atoms with Crippen molar-refractivity contribution in [2.45, 2.75) is 96.7 Å². The van der Waals surface area contributed by atoms with E-state index in [1.807, 2.05) is 37.2 Å². The van der Waals surface area contributed by atoms with Gasteiger partial charge in [-0.1, -0.05) is 32.4 Å². The third-order valence-corrected chi connectivity index (χ3v) is 9.26. The topological polar surface area (TPSA) is 83.0 Å². The highest BCUT2D eigenvalue weighted by atomic mass is 32.1. The lowest BCUT2D eigenvalue weighted by molar-refractivity contribution is -0.123. The third kappa shape index (κ3) is 7.28. The predicted octanol–water partition coefficient (Wildman–Crippen LogP) is 6.67. The molecule has 0 spiro atoms. The van der Waals surface area contributed by atoms with Gasteiger partial charge in [0.2, 0.25) is 11.8 Å². The van der Waals surface area contributed by atoms with Crippen molar-refractivity contribution < 1.29 is 19.4 Å². The molecule has 212 valence electrons. The number of carbonyl (C=O) groups excluding carboxylic acids is 1. The number of allylic oxidation sites excluding steroid dienone is 2. The zero-order valence-corrected chi connectivity index (χ0v) is 25.0. The summed E-state index contributed by atoms with van der Waals surface area (Å²) in [7, 11) is 4.07. The van der Waals surface area contributed by atoms with E-state index in [0.717, 1.165) is 55.5 Å². The first-order valence-electron chi connectivity index (χ1n) is 14.0. The van der Waals surface area contributed by atoms with E-state index in [1.54, 1.807) is 6.20 Å². The van der Waals surface area contributed by atoms with Crippen molar-refractivity contribution in [1.82, 2.24) is 9.88 Å². The van der Waals surface area contributed by atoms with E-state index in [9.17, 15) is 14.7 Å². The Morgan fingerprint density at radius 3 is 2.44 bits per heavy atom. The van der Waals surface area contributed by atoms with Crippen molar-refractivity contribution in [2.24, 2.45) is 5.92 Å². The van der Waals surface area contributed by atoms with Crippen LogP contribution in [0.2, 0.25) is 0 Å². The fourth-order valence-electron chi connectivity index (χ4n) is 5.54. The van der Waals surface area contributed by atoms with Crippen LogP contribution >= 0.6 is 11.3 Å². The molecule has 2 aliphatic rings. The molecule has 1 N–H and O–H groups in total. The number of ether oxygens (including phenoxy) is 1. The van der Waals surface area contributed by atoms with E-state index in [-0.39, 0.29) is 34.3 Å². The summed E-state index contributed by atoms with van der Waals surface area (Å²) in [5.74, 6) is -0.396. The fraction of sp³-hybridized carbons (Fsp3) is 0.581. The van der Waals surface area contributed by atoms with Gasteiger partial charge in [-0.25, -0.2) is 9.78 Å². The maximum absolute atomic E-state index is 14.1. The Balaban J connectivity index is 1.56. The molecule has 39 heavy (non-hydrogen) atoms. The zero-order chi connectivity index (χ0) is 28.3. The molecule has 2 aliphatic carbocycles. The summed E-state index contributed by atoms with van der Waals surface area (Å²) in [4.78, 5) is 36.1. The van der Waals surface area contributed by atoms with Crippen LogP contribution < -0.4 is 9.64 Å². The van der Waals surface area contributed by atoms with E-state index in [2.05, 4.69) is 43.7 Å². The average Bonchev–Trinajstić information content (AvgIpc) is 3.32. The summed E-state index contributed by atoms with van der Waals surface area (Å²) in [5, 5.41) is 10.1. The average molecular weight is 554 g/mol. The first-order valence-corrected chi connectivity index (χ1v) is 14.9. The monoisotopic (exact) mass is 553 g/mol. The Labute approximate surface area is 236 Å². The molecule has 1 saturated carbocycles. The largest absolute Gasteiger partial charge is 0.477 e. The second kappa shape index (κ2) is 12.2. The van der Waals surface area contributed by atoms with Gasteiger partial charge in [0, 0.05) is 35.6 Å². The number of carboxylic acid groups (broad SMARTS) is 1. The van der Waals surface area contributed by atoms with Gasteiger partial charge < -0.3 is 19.6 Å². The second-order valence-electron chi connectivity index (χ2n) is 12.4. The van der Waals surface area contributed by atoms with E-state index in [1.165, 1.54) is 16.9 Å². The van der Waals surface area contributed by atoms with Crippen molar-refractivity contribution in [3.8, 4) is 5.88 Å². The number of aromatic carboxylic acids is 1. The first kappa shape index (κ1) is 29.3. The zero-order valence-electron chi connectivity index (χ0n) is 24.2. The smallest absolute Gasteiger partial charge is 0.348 e. The molecule has 0 bridgehead atoms. The SMILES string of the molecule is CC1=CC[C@@H](C(=O)N(c2cc(C(C)(C)C)sc2C(=O)O)[C@H]2CC[C@H](Oc3cc(CN(C)C)ccn3)CC2)CC1. The van der Waals surface area contributed by atoms with E-state index < -0.39 is 5.97 Å². The molecule has 2 aromatic rings. The molecule has 1 atom stereocenters. The molecule has 1 amide bonds. The number of carboxylic acids is 1. The van der Waals surface area contributed by atoms with Gasteiger partial charge in [0.15, 0.2) is 0 Å². The van der Waals surface area contributed by atoms with Gasteiger partial charge >= 0.3 is 5.97 Å². The molecular formula is C31H43N3O4S. The lowest BCUT2D eigenvalue weighted by atomic mass is 9.86. The van der Waals surface area contributed by atoms with Crippen molar-refractivity contribution in [1.29, 1.82) is 0 Å². The fourth-order valence-corrected chi connectivity index (χ4v) is 6.58. The highest BCUT2D eigenvalue weighted by Gasteiger charge is 2.38. The van der Waals surface area contributed by atoms with Gasteiger partial charge in [-0.3, -0.25) is 4.79 Å². The Hall–Kier alpha value is -2.71. The number of anilines is 1. The molecule has 8 heteroatoms. The molecule has 7 nitrogen and oxygen atoms in total. The Morgan fingerprint density at radius 1 is 1.13 bits per heavy atom. The molecule has 4 rings (SSSR count). The number of nitrogens with zero attached hydrogens (tertiary/aromatic N) is 3. The molecule has 2 aromatic heterocycles. The quantitative estimate of drug-likeness (QED) is 0.368. The van der Waals surface area contributed by atoms with Gasteiger partial charge in [0.25, 0.3) is 0 Å². The van der Waals surface area contributed by atoms with Crippen LogP contribution in [0.3, 0.4) is 0 Å². The summed E-state index contributed by atoms with van der Waals surface area (Å²) in [5.41, 5.74) is 2.84. The Kier molecular flexibility index (Phi) is 9.17. The number of aromatic nitrogens is 1. The number of thiophene rings is 1. The maximum atomic E-state index is 14.1. The molecule has 0 aliphatic heterocycles. The minimum atomic E-state index is -0.969. The van der Waals surface area contributed by atoms with Gasteiger partial charge in [-0.2, -0.15) is 0 Å². The molecule has 0 aromatic carbocycles. The van der Waals surface area contributed by atoms with Crippen LogP contribution in [0.15, 0.2) is 36.0 Å². The van der Waals surface area contributed by atoms with Gasteiger partial charge in [-0.05, 0) is 89.1 Å². The van der Waals surface area contributed by atoms with Crippen LogP contribution in [0.5, 0.6) is 5.88 Å². The maximum Gasteiger partial charge on any atom is 0.348 e. The third-order valence-electron chi connectivity index (χ3n) is 7.72. The van der Waals surface area contributed by atoms with Crippen molar-refractivity contribution >= 4 is 28.9 Å². The van der Waals surface area contributed by atoms with Crippen LogP contribution in [0.25, 0.3) is 0 Å². The second-order valence-corrected chi connectivity index (χ2v) is 13.5. The van der Waals surface area contributed by atoms with Crippen LogP contribution in [-0.4, -0.2) is 53.1 Å². The van der Waals surface area contributed by atoms with Gasteiger partial charge in [0.1, 0.15) is 11.0 Å². The summed E-state index contributed by atoms with van der Waals surface area (Å²) in [6.45, 7) is 9.18. The molecule has 0 unspecified atom stereocenters. The van der Waals surface area contributed by atoms with Crippen molar-refractivity contribution in [3.05, 3.63) is 51.4 Å². The molecule has 0 saturated heterocycles. The molecular weight excluding hydrogens is 510 g/mol. The lowest BCUT2D eigenvalue weighted by Gasteiger charge is -2.39. The van der Waals surface area contributed by atoms with E-state index in [0.29, 0.717) is 18.0 Å². The lowest BCUT2D eigenvalue weighted by Crippen LogP contribution is -2.47. The van der Waals surface area contributed by atoms with E-state index >= 15 is 0 Å². The van der Waals surface area contributed by atoms with Crippen LogP contribution in [0, 0.1) is 5.92 Å². The minimum absolute atomic E-state index is 0.0205. The molecule has 2 heterocycles. The standard InChI is InChI=1S/C31H43N3O4S/c1-20-7-9-22(10-8-20)29(35)34(25-18-26(31(2,3)4)39-28(25)30(36)37)23-11-13-24(14-12-23)38-27-17-21(15-16-32-27)19-33(5)6/h7,15-18,22-24H,8-14,19H2,1-6H3,(H,36,37)/t22-,23-,24-/m1/s1. The molecule has 1 fully saturated rings. The predicted molar refractivity (Wildman–Crippen MR) is 157 cm³/mol. The van der Waals surface area contributed by atoms with E-state index in [4.69, 9.17) is 4.74 Å². The minimum Gasteiger partial charge on any atom is -0.477 e. The highest BCUT2D eigenvalue weighted by Crippen LogP contribution is 2.41. The summed E-state index contributed by atoms with van der Waals surface area (Å²) in [6, 6.07) is 5.90. The number of carbonyl (C=O) groups is 2. The summed E-state index contributed by atoms with van der Waals surface area (Å²) in [6.07, 6.45) is 9.50. The number of rotatable bonds is 8. The normalized spacial score (nSPS) is 21.9. The number of pyridine rings is 1. The Morgan fingerprint density at radius 2 is 1.85 bits per heavy atom. The van der Waals surface area contributed by atoms with Crippen LogP contribution in [-0.2, 0) is 16.8 Å². The van der Waals surface area contributed by atoms with Crippen molar-refractivity contribution in [2.75, 3.05) is 19.0 Å². The Bertz CT molecular complexity index is 1200. The highest BCUT2D eigenvalue weighted by molar-refractivity contribution is 7.14. The number of hydrogen-bond donors (Lipinski definition) is 1.